The Morgan fingerprint density at radius 1 is 1.16 bits per heavy atom. The SMILES string of the molecule is CN(C)CC1(NC(=O)c2ccc3cccc4c3c2C=CC4)CCCC1. The molecule has 1 N–H and O–H groups in total. The Hall–Kier alpha value is -2.13. The summed E-state index contributed by atoms with van der Waals surface area (Å²) in [6, 6.07) is 10.5. The molecule has 2 aliphatic carbocycles. The minimum atomic E-state index is -0.0832. The molecular weight excluding hydrogens is 308 g/mol. The molecule has 2 aliphatic rings. The van der Waals surface area contributed by atoms with Crippen molar-refractivity contribution in [3.63, 3.8) is 0 Å². The molecule has 0 unspecified atom stereocenters. The topological polar surface area (TPSA) is 32.3 Å². The number of carbonyl (C=O) groups excluding carboxylic acids is 1. The van der Waals surface area contributed by atoms with Crippen LogP contribution in [-0.4, -0.2) is 37.0 Å². The lowest BCUT2D eigenvalue weighted by molar-refractivity contribution is 0.0881. The minimum Gasteiger partial charge on any atom is -0.345 e. The number of carbonyl (C=O) groups is 1. The first kappa shape index (κ1) is 16.3. The van der Waals surface area contributed by atoms with Crippen LogP contribution in [0.5, 0.6) is 0 Å². The van der Waals surface area contributed by atoms with Gasteiger partial charge in [0.1, 0.15) is 0 Å². The average molecular weight is 334 g/mol. The minimum absolute atomic E-state index is 0.0713. The number of nitrogens with zero attached hydrogens (tertiary/aromatic N) is 1. The Balaban J connectivity index is 1.71. The molecule has 0 atom stereocenters. The van der Waals surface area contributed by atoms with Crippen LogP contribution in [0.2, 0.25) is 0 Å². The van der Waals surface area contributed by atoms with Crippen LogP contribution in [-0.2, 0) is 6.42 Å². The maximum absolute atomic E-state index is 13.2. The van der Waals surface area contributed by atoms with Gasteiger partial charge < -0.3 is 10.2 Å². The molecule has 0 aliphatic heterocycles. The molecule has 3 heteroatoms. The maximum atomic E-state index is 13.2. The fourth-order valence-corrected chi connectivity index (χ4v) is 4.62. The van der Waals surface area contributed by atoms with Gasteiger partial charge in [-0.3, -0.25) is 4.79 Å². The lowest BCUT2D eigenvalue weighted by atomic mass is 9.89. The molecule has 3 nitrogen and oxygen atoms in total. The van der Waals surface area contributed by atoms with E-state index >= 15 is 0 Å². The van der Waals surface area contributed by atoms with Crippen molar-refractivity contribution in [3.8, 4) is 0 Å². The van der Waals surface area contributed by atoms with E-state index in [1.54, 1.807) is 0 Å². The van der Waals surface area contributed by atoms with Crippen LogP contribution in [0.1, 0.15) is 47.2 Å². The largest absolute Gasteiger partial charge is 0.345 e. The Bertz CT molecular complexity index is 844. The predicted molar refractivity (Wildman–Crippen MR) is 104 cm³/mol. The molecule has 25 heavy (non-hydrogen) atoms. The van der Waals surface area contributed by atoms with E-state index in [0.717, 1.165) is 36.9 Å². The highest BCUT2D eigenvalue weighted by Crippen LogP contribution is 2.33. The van der Waals surface area contributed by atoms with Gasteiger partial charge in [-0.1, -0.05) is 49.3 Å². The summed E-state index contributed by atoms with van der Waals surface area (Å²) < 4.78 is 0. The lowest BCUT2D eigenvalue weighted by Gasteiger charge is -2.33. The van der Waals surface area contributed by atoms with Gasteiger partial charge in [0.05, 0.1) is 5.54 Å². The molecule has 2 aromatic rings. The highest BCUT2D eigenvalue weighted by molar-refractivity contribution is 6.07. The van der Waals surface area contributed by atoms with Crippen molar-refractivity contribution in [3.05, 3.63) is 53.1 Å². The van der Waals surface area contributed by atoms with E-state index in [0.29, 0.717) is 0 Å². The highest BCUT2D eigenvalue weighted by atomic mass is 16.1. The monoisotopic (exact) mass is 334 g/mol. The van der Waals surface area contributed by atoms with Crippen molar-refractivity contribution >= 4 is 22.8 Å². The quantitative estimate of drug-likeness (QED) is 0.916. The molecule has 1 fully saturated rings. The van der Waals surface area contributed by atoms with Gasteiger partial charge in [0.2, 0.25) is 0 Å². The smallest absolute Gasteiger partial charge is 0.252 e. The highest BCUT2D eigenvalue weighted by Gasteiger charge is 2.36. The van der Waals surface area contributed by atoms with Crippen molar-refractivity contribution < 1.29 is 4.79 Å². The van der Waals surface area contributed by atoms with Gasteiger partial charge in [-0.2, -0.15) is 0 Å². The first-order chi connectivity index (χ1) is 12.1. The molecule has 2 aromatic carbocycles. The second-order valence-electron chi connectivity index (χ2n) is 7.83. The summed E-state index contributed by atoms with van der Waals surface area (Å²) in [5.41, 5.74) is 3.12. The number of hydrogen-bond acceptors (Lipinski definition) is 2. The molecule has 0 spiro atoms. The van der Waals surface area contributed by atoms with E-state index < -0.39 is 0 Å². The Morgan fingerprint density at radius 2 is 1.96 bits per heavy atom. The first-order valence-electron chi connectivity index (χ1n) is 9.26. The number of rotatable bonds is 4. The molecule has 0 bridgehead atoms. The fraction of sp³-hybridized carbons (Fsp3) is 0.409. The average Bonchev–Trinajstić information content (AvgIpc) is 3.02. The van der Waals surface area contributed by atoms with Crippen molar-refractivity contribution in [1.82, 2.24) is 10.2 Å². The van der Waals surface area contributed by atoms with Gasteiger partial charge in [-0.15, -0.1) is 0 Å². The molecule has 0 aromatic heterocycles. The summed E-state index contributed by atoms with van der Waals surface area (Å²) >= 11 is 0. The number of allylic oxidation sites excluding steroid dienone is 1. The van der Waals surface area contributed by atoms with E-state index in [4.69, 9.17) is 0 Å². The number of nitrogens with one attached hydrogen (secondary N) is 1. The standard InChI is InChI=1S/C22H26N2O/c1-24(2)15-22(13-3-4-14-22)23-21(25)19-12-11-17-8-5-7-16-9-6-10-18(19)20(16)17/h5-8,10-12H,3-4,9,13-15H2,1-2H3,(H,23,25). The summed E-state index contributed by atoms with van der Waals surface area (Å²) in [5.74, 6) is 0.0713. The zero-order valence-electron chi connectivity index (χ0n) is 15.1. The summed E-state index contributed by atoms with van der Waals surface area (Å²) in [6.07, 6.45) is 9.77. The molecule has 0 radical (unpaired) electrons. The van der Waals surface area contributed by atoms with Gasteiger partial charge in [0.25, 0.3) is 5.91 Å². The van der Waals surface area contributed by atoms with E-state index in [9.17, 15) is 4.79 Å². The molecule has 4 rings (SSSR count). The normalized spacial score (nSPS) is 18.0. The number of amides is 1. The third kappa shape index (κ3) is 2.98. The van der Waals surface area contributed by atoms with E-state index in [2.05, 4.69) is 60.7 Å². The molecule has 0 heterocycles. The van der Waals surface area contributed by atoms with Crippen LogP contribution in [0.25, 0.3) is 16.8 Å². The van der Waals surface area contributed by atoms with Crippen molar-refractivity contribution in [2.45, 2.75) is 37.6 Å². The Labute approximate surface area is 149 Å². The third-order valence-electron chi connectivity index (χ3n) is 5.60. The first-order valence-corrected chi connectivity index (χ1v) is 9.26. The van der Waals surface area contributed by atoms with Crippen LogP contribution in [0.15, 0.2) is 36.4 Å². The summed E-state index contributed by atoms with van der Waals surface area (Å²) in [5, 5.41) is 5.87. The second-order valence-corrected chi connectivity index (χ2v) is 7.83. The van der Waals surface area contributed by atoms with Gasteiger partial charge in [-0.05, 0) is 61.3 Å². The van der Waals surface area contributed by atoms with Crippen LogP contribution < -0.4 is 5.32 Å². The van der Waals surface area contributed by atoms with Gasteiger partial charge >= 0.3 is 0 Å². The number of hydrogen-bond donors (Lipinski definition) is 1. The van der Waals surface area contributed by atoms with E-state index in [1.165, 1.54) is 29.2 Å². The zero-order chi connectivity index (χ0) is 17.4. The Kier molecular flexibility index (Phi) is 4.12. The van der Waals surface area contributed by atoms with Gasteiger partial charge in [-0.25, -0.2) is 0 Å². The third-order valence-corrected chi connectivity index (χ3v) is 5.60. The summed E-state index contributed by atoms with van der Waals surface area (Å²) in [7, 11) is 4.17. The summed E-state index contributed by atoms with van der Waals surface area (Å²) in [4.78, 5) is 15.4. The van der Waals surface area contributed by atoms with Gasteiger partial charge in [0.15, 0.2) is 0 Å². The van der Waals surface area contributed by atoms with Crippen molar-refractivity contribution in [2.75, 3.05) is 20.6 Å². The van der Waals surface area contributed by atoms with Crippen molar-refractivity contribution in [2.24, 2.45) is 0 Å². The maximum Gasteiger partial charge on any atom is 0.252 e. The van der Waals surface area contributed by atoms with Crippen LogP contribution in [0, 0.1) is 0 Å². The fourth-order valence-electron chi connectivity index (χ4n) is 4.62. The Morgan fingerprint density at radius 3 is 2.72 bits per heavy atom. The van der Waals surface area contributed by atoms with Crippen LogP contribution in [0.3, 0.4) is 0 Å². The number of likely N-dealkylation sites (N-methyl/N-ethyl adjacent to an activating group) is 1. The number of benzene rings is 2. The van der Waals surface area contributed by atoms with E-state index in [-0.39, 0.29) is 11.4 Å². The molecule has 1 saturated carbocycles. The molecular formula is C22H26N2O. The summed E-state index contributed by atoms with van der Waals surface area (Å²) in [6.45, 7) is 0.905. The predicted octanol–water partition coefficient (Wildman–Crippen LogP) is 4.01. The molecule has 1 amide bonds. The molecule has 130 valence electrons. The van der Waals surface area contributed by atoms with E-state index in [1.807, 2.05) is 6.07 Å². The van der Waals surface area contributed by atoms with Crippen LogP contribution >= 0.6 is 0 Å². The van der Waals surface area contributed by atoms with Crippen LogP contribution in [0.4, 0.5) is 0 Å². The zero-order valence-corrected chi connectivity index (χ0v) is 15.1. The molecule has 0 saturated heterocycles. The van der Waals surface area contributed by atoms with Gasteiger partial charge in [0, 0.05) is 12.1 Å². The van der Waals surface area contributed by atoms with Crippen molar-refractivity contribution in [1.29, 1.82) is 0 Å². The lowest BCUT2D eigenvalue weighted by Crippen LogP contribution is -2.52. The second kappa shape index (κ2) is 6.30.